The first-order valence-corrected chi connectivity index (χ1v) is 31.3. The normalized spacial score (nSPS) is 12.1. The van der Waals surface area contributed by atoms with Gasteiger partial charge in [-0.2, -0.15) is 0 Å². The van der Waals surface area contributed by atoms with Gasteiger partial charge in [-0.05, 0) is 70.6 Å². The van der Waals surface area contributed by atoms with Gasteiger partial charge in [-0.1, -0.05) is 283 Å². The number of carbonyl (C=O) groups is 3. The second-order valence-electron chi connectivity index (χ2n) is 21.3. The Bertz CT molecular complexity index is 1130. The fourth-order valence-corrected chi connectivity index (χ4v) is 9.44. The zero-order chi connectivity index (χ0) is 50.7. The molecule has 0 rings (SSSR count). The number of ether oxygens (including phenoxy) is 3. The minimum Gasteiger partial charge on any atom is -0.462 e. The molecule has 1 unspecified atom stereocenters. The molecule has 0 aromatic rings. The van der Waals surface area contributed by atoms with Gasteiger partial charge in [0.2, 0.25) is 0 Å². The van der Waals surface area contributed by atoms with E-state index in [-0.39, 0.29) is 31.1 Å². The molecule has 0 saturated carbocycles. The van der Waals surface area contributed by atoms with E-state index >= 15 is 0 Å². The highest BCUT2D eigenvalue weighted by molar-refractivity contribution is 5.71. The van der Waals surface area contributed by atoms with Crippen molar-refractivity contribution < 1.29 is 28.6 Å². The third-order valence-corrected chi connectivity index (χ3v) is 14.2. The molecule has 0 N–H and O–H groups in total. The molecule has 0 saturated heterocycles. The van der Waals surface area contributed by atoms with E-state index < -0.39 is 6.10 Å². The average molecular weight is 986 g/mol. The standard InChI is InChI=1S/C64H120O6/c1-4-7-10-13-16-19-22-25-28-29-30-31-32-33-34-35-36-37-40-42-45-48-51-54-57-63(66)69-60-61(70-64(67)58-55-52-49-46-43-39-27-24-21-18-15-12-9-6-3)59-68-62(65)56-53-50-47-44-41-38-26-23-20-17-14-11-8-5-2/h23-24,26-27,61H,4-22,25,28-60H2,1-3H3/b26-23-,27-24-. The summed E-state index contributed by atoms with van der Waals surface area (Å²) in [5.41, 5.74) is 0. The third-order valence-electron chi connectivity index (χ3n) is 14.2. The van der Waals surface area contributed by atoms with Crippen molar-refractivity contribution >= 4 is 17.9 Å². The molecule has 0 bridgehead atoms. The highest BCUT2D eigenvalue weighted by Gasteiger charge is 2.19. The van der Waals surface area contributed by atoms with E-state index in [4.69, 9.17) is 14.2 Å². The van der Waals surface area contributed by atoms with Crippen LogP contribution in [0.5, 0.6) is 0 Å². The summed E-state index contributed by atoms with van der Waals surface area (Å²) in [4.78, 5) is 38.2. The first kappa shape index (κ1) is 67.9. The van der Waals surface area contributed by atoms with Gasteiger partial charge in [0.25, 0.3) is 0 Å². The lowest BCUT2D eigenvalue weighted by Gasteiger charge is -2.18. The van der Waals surface area contributed by atoms with Gasteiger partial charge in [0.15, 0.2) is 6.10 Å². The SMILES string of the molecule is CCCCCCC/C=C\CCCCCCCC(=O)OCC(COC(=O)CCCCCCCCCCCCCCCCCCCCCCCCCC)OC(=O)CCCCCCC/C=C\CCCCCCC. The Morgan fingerprint density at radius 2 is 0.471 bits per heavy atom. The van der Waals surface area contributed by atoms with Crippen molar-refractivity contribution in [1.29, 1.82) is 0 Å². The largest absolute Gasteiger partial charge is 0.462 e. The van der Waals surface area contributed by atoms with E-state index in [2.05, 4.69) is 45.1 Å². The van der Waals surface area contributed by atoms with Crippen LogP contribution in [0.3, 0.4) is 0 Å². The molecule has 0 aliphatic rings. The van der Waals surface area contributed by atoms with Crippen LogP contribution in [0, 0.1) is 0 Å². The molecule has 0 aromatic carbocycles. The van der Waals surface area contributed by atoms with Gasteiger partial charge < -0.3 is 14.2 Å². The fourth-order valence-electron chi connectivity index (χ4n) is 9.44. The number of esters is 3. The quantitative estimate of drug-likeness (QED) is 0.0261. The Hall–Kier alpha value is -2.11. The van der Waals surface area contributed by atoms with E-state index in [1.165, 1.54) is 238 Å². The number of hydrogen-bond donors (Lipinski definition) is 0. The lowest BCUT2D eigenvalue weighted by molar-refractivity contribution is -0.167. The van der Waals surface area contributed by atoms with Gasteiger partial charge in [0.1, 0.15) is 13.2 Å². The predicted molar refractivity (Wildman–Crippen MR) is 303 cm³/mol. The van der Waals surface area contributed by atoms with Gasteiger partial charge in [-0.3, -0.25) is 14.4 Å². The van der Waals surface area contributed by atoms with Crippen LogP contribution in [0.1, 0.15) is 348 Å². The van der Waals surface area contributed by atoms with Crippen LogP contribution in [-0.4, -0.2) is 37.2 Å². The maximum absolute atomic E-state index is 12.9. The summed E-state index contributed by atoms with van der Waals surface area (Å²) in [6.07, 6.45) is 70.4. The summed E-state index contributed by atoms with van der Waals surface area (Å²) in [5.74, 6) is -0.868. The highest BCUT2D eigenvalue weighted by atomic mass is 16.6. The second-order valence-corrected chi connectivity index (χ2v) is 21.3. The maximum atomic E-state index is 12.9. The van der Waals surface area contributed by atoms with Crippen LogP contribution in [0.15, 0.2) is 24.3 Å². The highest BCUT2D eigenvalue weighted by Crippen LogP contribution is 2.17. The molecule has 0 heterocycles. The molecule has 0 spiro atoms. The predicted octanol–water partition coefficient (Wildman–Crippen LogP) is 21.1. The number of carbonyl (C=O) groups excluding carboxylic acids is 3. The molecule has 0 amide bonds. The lowest BCUT2D eigenvalue weighted by atomic mass is 10.0. The fraction of sp³-hybridized carbons (Fsp3) is 0.891. The topological polar surface area (TPSA) is 78.9 Å². The Labute approximate surface area is 436 Å². The van der Waals surface area contributed by atoms with Crippen molar-refractivity contribution in [3.05, 3.63) is 24.3 Å². The van der Waals surface area contributed by atoms with Crippen LogP contribution < -0.4 is 0 Å². The minimum absolute atomic E-state index is 0.0726. The zero-order valence-corrected chi connectivity index (χ0v) is 47.3. The smallest absolute Gasteiger partial charge is 0.306 e. The molecule has 0 aliphatic carbocycles. The van der Waals surface area contributed by atoms with E-state index in [1.54, 1.807) is 0 Å². The zero-order valence-electron chi connectivity index (χ0n) is 47.3. The molecule has 1 atom stereocenters. The molecular formula is C64H120O6. The molecular weight excluding hydrogens is 865 g/mol. The maximum Gasteiger partial charge on any atom is 0.306 e. The first-order valence-electron chi connectivity index (χ1n) is 31.3. The molecule has 6 heteroatoms. The summed E-state index contributed by atoms with van der Waals surface area (Å²) in [6, 6.07) is 0. The Morgan fingerprint density at radius 3 is 0.714 bits per heavy atom. The Kier molecular flexibility index (Phi) is 57.7. The van der Waals surface area contributed by atoms with E-state index in [1.807, 2.05) is 0 Å². The van der Waals surface area contributed by atoms with Crippen LogP contribution >= 0.6 is 0 Å². The summed E-state index contributed by atoms with van der Waals surface area (Å²) in [6.45, 7) is 6.66. The van der Waals surface area contributed by atoms with E-state index in [9.17, 15) is 14.4 Å². The molecule has 0 aromatic heterocycles. The van der Waals surface area contributed by atoms with E-state index in [0.717, 1.165) is 70.6 Å². The minimum atomic E-state index is -0.776. The van der Waals surface area contributed by atoms with Gasteiger partial charge in [-0.15, -0.1) is 0 Å². The van der Waals surface area contributed by atoms with Crippen molar-refractivity contribution in [2.75, 3.05) is 13.2 Å². The van der Waals surface area contributed by atoms with Crippen molar-refractivity contribution in [2.24, 2.45) is 0 Å². The molecule has 0 aliphatic heterocycles. The summed E-state index contributed by atoms with van der Waals surface area (Å²) >= 11 is 0. The van der Waals surface area contributed by atoms with Gasteiger partial charge >= 0.3 is 17.9 Å². The van der Waals surface area contributed by atoms with Crippen molar-refractivity contribution in [3.8, 4) is 0 Å². The van der Waals surface area contributed by atoms with Crippen LogP contribution in [-0.2, 0) is 28.6 Å². The molecule has 70 heavy (non-hydrogen) atoms. The van der Waals surface area contributed by atoms with Gasteiger partial charge in [0, 0.05) is 19.3 Å². The summed E-state index contributed by atoms with van der Waals surface area (Å²) < 4.78 is 16.9. The number of unbranched alkanes of at least 4 members (excludes halogenated alkanes) is 43. The molecule has 412 valence electrons. The molecule has 0 fully saturated rings. The van der Waals surface area contributed by atoms with Crippen LogP contribution in [0.2, 0.25) is 0 Å². The first-order chi connectivity index (χ1) is 34.5. The van der Waals surface area contributed by atoms with E-state index in [0.29, 0.717) is 19.3 Å². The Morgan fingerprint density at radius 1 is 0.271 bits per heavy atom. The van der Waals surface area contributed by atoms with Crippen molar-refractivity contribution in [3.63, 3.8) is 0 Å². The van der Waals surface area contributed by atoms with Crippen LogP contribution in [0.4, 0.5) is 0 Å². The Balaban J connectivity index is 4.23. The summed E-state index contributed by atoms with van der Waals surface area (Å²) in [7, 11) is 0. The van der Waals surface area contributed by atoms with Gasteiger partial charge in [-0.25, -0.2) is 0 Å². The number of rotatable bonds is 58. The lowest BCUT2D eigenvalue weighted by Crippen LogP contribution is -2.30. The average Bonchev–Trinajstić information content (AvgIpc) is 3.36. The molecule has 6 nitrogen and oxygen atoms in total. The second kappa shape index (κ2) is 59.5. The van der Waals surface area contributed by atoms with Crippen LogP contribution in [0.25, 0.3) is 0 Å². The van der Waals surface area contributed by atoms with Crippen molar-refractivity contribution in [2.45, 2.75) is 354 Å². The number of hydrogen-bond acceptors (Lipinski definition) is 6. The van der Waals surface area contributed by atoms with Crippen molar-refractivity contribution in [1.82, 2.24) is 0 Å². The third kappa shape index (κ3) is 56.8. The monoisotopic (exact) mass is 985 g/mol. The summed E-state index contributed by atoms with van der Waals surface area (Å²) in [5, 5.41) is 0. The van der Waals surface area contributed by atoms with Gasteiger partial charge in [0.05, 0.1) is 0 Å². The molecule has 0 radical (unpaired) electrons. The number of allylic oxidation sites excluding steroid dienone is 4.